The van der Waals surface area contributed by atoms with Gasteiger partial charge in [0.15, 0.2) is 10.1 Å². The predicted molar refractivity (Wildman–Crippen MR) is 112 cm³/mol. The summed E-state index contributed by atoms with van der Waals surface area (Å²) in [4.78, 5) is 27.9. The van der Waals surface area contributed by atoms with E-state index in [-0.39, 0.29) is 11.0 Å². The Hall–Kier alpha value is -1.87. The first-order valence-electron chi connectivity index (χ1n) is 9.49. The van der Waals surface area contributed by atoms with E-state index in [2.05, 4.69) is 20.5 Å². The number of ketones is 1. The van der Waals surface area contributed by atoms with E-state index in [1.54, 1.807) is 13.8 Å². The normalized spacial score (nSPS) is 16.0. The molecule has 2 aromatic rings. The van der Waals surface area contributed by atoms with E-state index in [0.29, 0.717) is 28.6 Å². The largest absolute Gasteiger partial charge is 0.465 e. The molecule has 152 valence electrons. The van der Waals surface area contributed by atoms with Crippen molar-refractivity contribution in [1.82, 2.24) is 15.2 Å². The molecule has 9 heteroatoms. The van der Waals surface area contributed by atoms with Crippen LogP contribution in [0.5, 0.6) is 0 Å². The first-order valence-corrected chi connectivity index (χ1v) is 11.2. The molecule has 0 radical (unpaired) electrons. The summed E-state index contributed by atoms with van der Waals surface area (Å²) in [6, 6.07) is 0.472. The molecule has 1 atom stereocenters. The maximum atomic E-state index is 12.9. The van der Waals surface area contributed by atoms with Crippen LogP contribution in [-0.2, 0) is 4.74 Å². The Labute approximate surface area is 173 Å². The standard InChI is InChI=1S/C19H26N4O3S2/c1-10-14(17(25)26-4)11(2)20-15(10)16(24)12(3)27-19-23-22-18(28-19)21-13-8-6-5-7-9-13/h12-13,20H,5-9H2,1-4H3,(H,21,22). The Kier molecular flexibility index (Phi) is 6.77. The fourth-order valence-corrected chi connectivity index (χ4v) is 5.58. The van der Waals surface area contributed by atoms with Gasteiger partial charge in [0.25, 0.3) is 0 Å². The average Bonchev–Trinajstić information content (AvgIpc) is 3.24. The zero-order valence-electron chi connectivity index (χ0n) is 16.6. The van der Waals surface area contributed by atoms with Gasteiger partial charge in [0.2, 0.25) is 5.13 Å². The Morgan fingerprint density at radius 3 is 2.64 bits per heavy atom. The Bertz CT molecular complexity index is 855. The summed E-state index contributed by atoms with van der Waals surface area (Å²) in [5.41, 5.74) is 2.14. The van der Waals surface area contributed by atoms with Gasteiger partial charge in [-0.25, -0.2) is 4.79 Å². The second-order valence-corrected chi connectivity index (χ2v) is 9.66. The number of anilines is 1. The molecule has 2 N–H and O–H groups in total. The lowest BCUT2D eigenvalue weighted by Gasteiger charge is -2.21. The van der Waals surface area contributed by atoms with Gasteiger partial charge in [-0.3, -0.25) is 4.79 Å². The molecule has 2 aromatic heterocycles. The fourth-order valence-electron chi connectivity index (χ4n) is 3.55. The third-order valence-electron chi connectivity index (χ3n) is 5.06. The lowest BCUT2D eigenvalue weighted by molar-refractivity contribution is 0.0599. The molecule has 1 fully saturated rings. The molecule has 1 unspecified atom stereocenters. The van der Waals surface area contributed by atoms with Crippen molar-refractivity contribution in [3.05, 3.63) is 22.5 Å². The molecule has 0 saturated heterocycles. The van der Waals surface area contributed by atoms with E-state index >= 15 is 0 Å². The summed E-state index contributed by atoms with van der Waals surface area (Å²) in [5, 5.41) is 12.4. The molecule has 2 heterocycles. The third kappa shape index (κ3) is 4.57. The smallest absolute Gasteiger partial charge is 0.339 e. The van der Waals surface area contributed by atoms with Gasteiger partial charge in [0, 0.05) is 11.7 Å². The minimum Gasteiger partial charge on any atom is -0.465 e. The number of methoxy groups -OCH3 is 1. The SMILES string of the molecule is COC(=O)c1c(C)[nH]c(C(=O)C(C)Sc2nnc(NC3CCCCC3)s2)c1C. The number of aromatic amines is 1. The van der Waals surface area contributed by atoms with Crippen molar-refractivity contribution in [1.29, 1.82) is 0 Å². The van der Waals surface area contributed by atoms with E-state index in [1.165, 1.54) is 62.3 Å². The van der Waals surface area contributed by atoms with Crippen LogP contribution in [0, 0.1) is 13.8 Å². The number of nitrogens with one attached hydrogen (secondary N) is 2. The number of H-pyrrole nitrogens is 1. The van der Waals surface area contributed by atoms with Crippen LogP contribution in [0.4, 0.5) is 5.13 Å². The van der Waals surface area contributed by atoms with Gasteiger partial charge in [-0.15, -0.1) is 10.2 Å². The molecule has 0 spiro atoms. The van der Waals surface area contributed by atoms with E-state index in [9.17, 15) is 9.59 Å². The zero-order chi connectivity index (χ0) is 20.3. The number of thioether (sulfide) groups is 1. The summed E-state index contributed by atoms with van der Waals surface area (Å²) in [6.45, 7) is 5.37. The van der Waals surface area contributed by atoms with Gasteiger partial charge >= 0.3 is 5.97 Å². The van der Waals surface area contributed by atoms with Crippen molar-refractivity contribution >= 4 is 40.0 Å². The second kappa shape index (κ2) is 9.09. The number of aryl methyl sites for hydroxylation is 1. The maximum absolute atomic E-state index is 12.9. The van der Waals surface area contributed by atoms with Crippen LogP contribution in [0.3, 0.4) is 0 Å². The molecule has 0 aliphatic heterocycles. The minimum absolute atomic E-state index is 0.0715. The maximum Gasteiger partial charge on any atom is 0.339 e. The average molecular weight is 423 g/mol. The number of nitrogens with zero attached hydrogens (tertiary/aromatic N) is 2. The van der Waals surface area contributed by atoms with Gasteiger partial charge in [0.1, 0.15) is 0 Å². The minimum atomic E-state index is -0.437. The Morgan fingerprint density at radius 1 is 1.25 bits per heavy atom. The van der Waals surface area contributed by atoms with Crippen LogP contribution in [0.15, 0.2) is 4.34 Å². The molecule has 1 aliphatic carbocycles. The number of ether oxygens (including phenoxy) is 1. The number of hydrogen-bond donors (Lipinski definition) is 2. The number of rotatable bonds is 7. The first-order chi connectivity index (χ1) is 13.4. The summed E-state index contributed by atoms with van der Waals surface area (Å²) >= 11 is 2.87. The van der Waals surface area contributed by atoms with Gasteiger partial charge in [0.05, 0.1) is 23.6 Å². The van der Waals surface area contributed by atoms with Crippen LogP contribution in [-0.4, -0.2) is 45.3 Å². The predicted octanol–water partition coefficient (Wildman–Crippen LogP) is 4.38. The van der Waals surface area contributed by atoms with Gasteiger partial charge in [-0.2, -0.15) is 0 Å². The van der Waals surface area contributed by atoms with Crippen molar-refractivity contribution in [3.8, 4) is 0 Å². The van der Waals surface area contributed by atoms with Gasteiger partial charge < -0.3 is 15.0 Å². The van der Waals surface area contributed by atoms with Gasteiger partial charge in [-0.1, -0.05) is 42.4 Å². The second-order valence-electron chi connectivity index (χ2n) is 7.09. The molecule has 3 rings (SSSR count). The molecule has 7 nitrogen and oxygen atoms in total. The number of aromatic nitrogens is 3. The number of hydrogen-bond acceptors (Lipinski definition) is 8. The summed E-state index contributed by atoms with van der Waals surface area (Å²) < 4.78 is 5.57. The van der Waals surface area contributed by atoms with Crippen LogP contribution >= 0.6 is 23.1 Å². The summed E-state index contributed by atoms with van der Waals surface area (Å²) in [5.74, 6) is -0.508. The summed E-state index contributed by atoms with van der Waals surface area (Å²) in [7, 11) is 1.34. The molecule has 28 heavy (non-hydrogen) atoms. The number of Topliss-reactive ketones (excluding diaryl/α,β-unsaturated/α-hetero) is 1. The molecular weight excluding hydrogens is 396 g/mol. The van der Waals surface area contributed by atoms with Crippen LogP contribution < -0.4 is 5.32 Å². The number of esters is 1. The molecule has 0 amide bonds. The quantitative estimate of drug-likeness (QED) is 0.388. The molecular formula is C19H26N4O3S2. The highest BCUT2D eigenvalue weighted by molar-refractivity contribution is 8.02. The van der Waals surface area contributed by atoms with Crippen LogP contribution in [0.25, 0.3) is 0 Å². The fraction of sp³-hybridized carbons (Fsp3) is 0.579. The van der Waals surface area contributed by atoms with Crippen LogP contribution in [0.1, 0.15) is 71.1 Å². The number of carbonyl (C=O) groups excluding carboxylic acids is 2. The lowest BCUT2D eigenvalue weighted by atomic mass is 9.96. The van der Waals surface area contributed by atoms with Crippen LogP contribution in [0.2, 0.25) is 0 Å². The van der Waals surface area contributed by atoms with Gasteiger partial charge in [-0.05, 0) is 39.2 Å². The molecule has 1 aliphatic rings. The van der Waals surface area contributed by atoms with E-state index < -0.39 is 5.97 Å². The zero-order valence-corrected chi connectivity index (χ0v) is 18.3. The third-order valence-corrected chi connectivity index (χ3v) is 7.10. The number of carbonyl (C=O) groups is 2. The highest BCUT2D eigenvalue weighted by atomic mass is 32.2. The summed E-state index contributed by atoms with van der Waals surface area (Å²) in [6.07, 6.45) is 6.17. The van der Waals surface area contributed by atoms with E-state index in [4.69, 9.17) is 4.74 Å². The van der Waals surface area contributed by atoms with E-state index in [1.807, 2.05) is 6.92 Å². The lowest BCUT2D eigenvalue weighted by Crippen LogP contribution is -2.21. The monoisotopic (exact) mass is 422 g/mol. The van der Waals surface area contributed by atoms with E-state index in [0.717, 1.165) is 9.47 Å². The highest BCUT2D eigenvalue weighted by Gasteiger charge is 2.27. The van der Waals surface area contributed by atoms with Crippen molar-refractivity contribution in [2.75, 3.05) is 12.4 Å². The topological polar surface area (TPSA) is 97.0 Å². The van der Waals surface area contributed by atoms with Crippen molar-refractivity contribution < 1.29 is 14.3 Å². The van der Waals surface area contributed by atoms with Crippen molar-refractivity contribution in [2.45, 2.75) is 68.5 Å². The first kappa shape index (κ1) is 20.9. The van der Waals surface area contributed by atoms with Crippen molar-refractivity contribution in [2.24, 2.45) is 0 Å². The molecule has 0 bridgehead atoms. The Morgan fingerprint density at radius 2 is 1.96 bits per heavy atom. The Balaban J connectivity index is 1.65. The molecule has 0 aromatic carbocycles. The molecule has 1 saturated carbocycles. The highest BCUT2D eigenvalue weighted by Crippen LogP contribution is 2.32. The van der Waals surface area contributed by atoms with Crippen molar-refractivity contribution in [3.63, 3.8) is 0 Å².